The van der Waals surface area contributed by atoms with Crippen molar-refractivity contribution >= 4 is 68.2 Å². The number of nitrogens with zero attached hydrogens (tertiary/aromatic N) is 4. The molecule has 0 spiro atoms. The highest BCUT2D eigenvalue weighted by Gasteiger charge is 2.27. The Morgan fingerprint density at radius 3 is 0.556 bits per heavy atom. The van der Waals surface area contributed by atoms with Gasteiger partial charge in [-0.3, -0.25) is 0 Å². The van der Waals surface area contributed by atoms with Gasteiger partial charge < -0.3 is 19.6 Å². The fraction of sp³-hybridized carbons (Fsp3) is 0.0526. The van der Waals surface area contributed by atoms with Gasteiger partial charge in [0.1, 0.15) is 0 Å². The molecule has 4 heteroatoms. The molecule has 0 aliphatic heterocycles. The first-order chi connectivity index (χ1) is 48.6. The molecule has 0 N–H and O–H groups in total. The third-order valence-electron chi connectivity index (χ3n) is 18.9. The Balaban J connectivity index is 0.921. The first kappa shape index (κ1) is 62.6. The smallest absolute Gasteiger partial charge is 0.0495 e. The molecule has 0 amide bonds. The molecule has 0 fully saturated rings. The quantitative estimate of drug-likeness (QED) is 0.0849. The van der Waals surface area contributed by atoms with Crippen molar-refractivity contribution in [2.24, 2.45) is 0 Å². The lowest BCUT2D eigenvalue weighted by molar-refractivity contribution is 1.16. The van der Waals surface area contributed by atoms with Crippen molar-refractivity contribution in [3.05, 3.63) is 398 Å². The number of hydrogen-bond donors (Lipinski definition) is 0. The second-order valence-corrected chi connectivity index (χ2v) is 25.7. The minimum absolute atomic E-state index is 1.05. The maximum absolute atomic E-state index is 2.53. The van der Waals surface area contributed by atoms with Gasteiger partial charge in [-0.2, -0.15) is 0 Å². The first-order valence-corrected chi connectivity index (χ1v) is 34.1. The molecule has 15 aromatic carbocycles. The lowest BCUT2D eigenvalue weighted by Crippen LogP contribution is -2.18. The van der Waals surface area contributed by atoms with Crippen LogP contribution in [0.3, 0.4) is 0 Å². The van der Waals surface area contributed by atoms with E-state index < -0.39 is 0 Å². The summed E-state index contributed by atoms with van der Waals surface area (Å²) < 4.78 is 0. The minimum atomic E-state index is 1.05. The second-order valence-electron chi connectivity index (χ2n) is 25.7. The number of hydrogen-bond acceptors (Lipinski definition) is 4. The van der Waals surface area contributed by atoms with Crippen LogP contribution in [0.2, 0.25) is 0 Å². The van der Waals surface area contributed by atoms with E-state index in [0.29, 0.717) is 0 Å². The summed E-state index contributed by atoms with van der Waals surface area (Å²) in [6, 6.07) is 135. The fourth-order valence-corrected chi connectivity index (χ4v) is 14.0. The Morgan fingerprint density at radius 2 is 0.323 bits per heavy atom. The Bertz CT molecular complexity index is 4850. The van der Waals surface area contributed by atoms with E-state index in [0.717, 1.165) is 129 Å². The third kappa shape index (κ3) is 13.2. The van der Waals surface area contributed by atoms with E-state index in [9.17, 15) is 0 Å². The van der Waals surface area contributed by atoms with Crippen molar-refractivity contribution < 1.29 is 0 Å². The molecule has 0 radical (unpaired) electrons. The Hall–Kier alpha value is -12.5. The minimum Gasteiger partial charge on any atom is -0.310 e. The summed E-state index contributed by atoms with van der Waals surface area (Å²) in [4.78, 5) is 9.83. The van der Waals surface area contributed by atoms with Gasteiger partial charge in [0, 0.05) is 68.2 Å². The van der Waals surface area contributed by atoms with E-state index in [4.69, 9.17) is 0 Å². The molecule has 0 heterocycles. The molecule has 0 bridgehead atoms. The van der Waals surface area contributed by atoms with Gasteiger partial charge in [-0.05, 0) is 244 Å². The SMILES string of the molecule is Cc1cc(N(c2ccc(N(c3cccc(-c4ccccc4)c3)c3cccc(-c4ccccc4)c3)cc2C)c2cc(C)c(N(c3cccc(-c4ccccc4)c3)c3cccc(-c4ccccc4)c3)cc2C)c(C)cc1N(c1cccc(-c2ccccc2)c1)c1cccc(-c2ccccc2)c1. The van der Waals surface area contributed by atoms with Crippen molar-refractivity contribution in [3.63, 3.8) is 0 Å². The molecular weight excluding hydrogens is 1200 g/mol. The summed E-state index contributed by atoms with van der Waals surface area (Å²) in [5, 5.41) is 0. The summed E-state index contributed by atoms with van der Waals surface area (Å²) >= 11 is 0. The summed E-state index contributed by atoms with van der Waals surface area (Å²) in [6.07, 6.45) is 0. The molecular formula is C95H76N4. The van der Waals surface area contributed by atoms with Gasteiger partial charge in [0.15, 0.2) is 0 Å². The van der Waals surface area contributed by atoms with Crippen molar-refractivity contribution in [2.75, 3.05) is 19.6 Å². The summed E-state index contributed by atoms with van der Waals surface area (Å²) in [6.45, 7) is 11.4. The lowest BCUT2D eigenvalue weighted by atomic mass is 9.98. The highest BCUT2D eigenvalue weighted by Crippen LogP contribution is 2.50. The molecule has 99 heavy (non-hydrogen) atoms. The van der Waals surface area contributed by atoms with Crippen LogP contribution in [0.4, 0.5) is 68.2 Å². The predicted molar refractivity (Wildman–Crippen MR) is 421 cm³/mol. The van der Waals surface area contributed by atoms with Crippen LogP contribution in [0.1, 0.15) is 27.8 Å². The summed E-state index contributed by atoms with van der Waals surface area (Å²) in [5.74, 6) is 0. The lowest BCUT2D eigenvalue weighted by Gasteiger charge is -2.35. The fourth-order valence-electron chi connectivity index (χ4n) is 14.0. The van der Waals surface area contributed by atoms with Gasteiger partial charge in [0.25, 0.3) is 0 Å². The van der Waals surface area contributed by atoms with Crippen LogP contribution in [-0.4, -0.2) is 0 Å². The van der Waals surface area contributed by atoms with E-state index in [1.807, 2.05) is 0 Å². The highest BCUT2D eigenvalue weighted by molar-refractivity contribution is 5.92. The highest BCUT2D eigenvalue weighted by atomic mass is 15.2. The number of anilines is 12. The van der Waals surface area contributed by atoms with Crippen LogP contribution in [0.25, 0.3) is 66.8 Å². The van der Waals surface area contributed by atoms with Gasteiger partial charge >= 0.3 is 0 Å². The van der Waals surface area contributed by atoms with E-state index in [1.165, 1.54) is 33.4 Å². The van der Waals surface area contributed by atoms with Crippen LogP contribution in [0.15, 0.2) is 370 Å². The molecule has 15 aromatic rings. The van der Waals surface area contributed by atoms with E-state index in [2.05, 4.69) is 424 Å². The third-order valence-corrected chi connectivity index (χ3v) is 18.9. The summed E-state index contributed by atoms with van der Waals surface area (Å²) in [5.41, 5.74) is 32.5. The van der Waals surface area contributed by atoms with E-state index in [1.54, 1.807) is 0 Å². The van der Waals surface area contributed by atoms with Gasteiger partial charge in [0.2, 0.25) is 0 Å². The standard InChI is InChI=1S/C95H76N4/c1-67-56-90(96(84-48-24-42-78(61-84)72-30-12-6-13-31-72)85-49-25-43-79(62-85)73-32-14-7-15-33-73)54-55-91(67)99(94-59-68(2)92(57-70(94)4)97(86-50-26-44-80(63-86)74-34-16-8-17-35-74)87-51-27-45-81(64-87)75-36-18-9-19-37-75)95-60-69(3)93(58-71(95)5)98(88-52-28-46-82(65-88)76-38-20-10-21-39-76)89-53-29-47-83(66-89)77-40-22-11-23-41-77/h6-66H,1-5H3. The molecule has 15 rings (SSSR count). The zero-order chi connectivity index (χ0) is 67.2. The maximum Gasteiger partial charge on any atom is 0.0495 e. The Labute approximate surface area is 583 Å². The van der Waals surface area contributed by atoms with E-state index >= 15 is 0 Å². The molecule has 0 aliphatic carbocycles. The van der Waals surface area contributed by atoms with Gasteiger partial charge in [-0.15, -0.1) is 0 Å². The Kier molecular flexibility index (Phi) is 17.7. The van der Waals surface area contributed by atoms with Gasteiger partial charge in [-0.25, -0.2) is 0 Å². The number of rotatable bonds is 18. The van der Waals surface area contributed by atoms with Crippen molar-refractivity contribution in [1.82, 2.24) is 0 Å². The van der Waals surface area contributed by atoms with Gasteiger partial charge in [0.05, 0.1) is 0 Å². The van der Waals surface area contributed by atoms with Crippen LogP contribution in [0.5, 0.6) is 0 Å². The van der Waals surface area contributed by atoms with Crippen LogP contribution < -0.4 is 19.6 Å². The zero-order valence-corrected chi connectivity index (χ0v) is 56.5. The van der Waals surface area contributed by atoms with Crippen molar-refractivity contribution in [3.8, 4) is 66.8 Å². The van der Waals surface area contributed by atoms with Crippen LogP contribution >= 0.6 is 0 Å². The van der Waals surface area contributed by atoms with Crippen LogP contribution in [0, 0.1) is 34.6 Å². The first-order valence-electron chi connectivity index (χ1n) is 34.1. The topological polar surface area (TPSA) is 13.0 Å². The molecule has 0 saturated carbocycles. The average molecular weight is 1270 g/mol. The molecule has 0 unspecified atom stereocenters. The molecule has 0 atom stereocenters. The predicted octanol–water partition coefficient (Wildman–Crippen LogP) is 27.1. The monoisotopic (exact) mass is 1270 g/mol. The van der Waals surface area contributed by atoms with E-state index in [-0.39, 0.29) is 0 Å². The van der Waals surface area contributed by atoms with Crippen molar-refractivity contribution in [2.45, 2.75) is 34.6 Å². The normalized spacial score (nSPS) is 11.1. The zero-order valence-electron chi connectivity index (χ0n) is 56.5. The second kappa shape index (κ2) is 28.1. The molecule has 0 aromatic heterocycles. The maximum atomic E-state index is 2.53. The molecule has 476 valence electrons. The van der Waals surface area contributed by atoms with Crippen molar-refractivity contribution in [1.29, 1.82) is 0 Å². The molecule has 0 aliphatic rings. The van der Waals surface area contributed by atoms with Crippen LogP contribution in [-0.2, 0) is 0 Å². The molecule has 0 saturated heterocycles. The molecule has 4 nitrogen and oxygen atoms in total. The number of benzene rings is 15. The largest absolute Gasteiger partial charge is 0.310 e. The van der Waals surface area contributed by atoms with Gasteiger partial charge in [-0.1, -0.05) is 255 Å². The Morgan fingerprint density at radius 1 is 0.131 bits per heavy atom. The average Bonchev–Trinajstić information content (AvgIpc) is 0.755. The summed E-state index contributed by atoms with van der Waals surface area (Å²) in [7, 11) is 0. The number of aryl methyl sites for hydroxylation is 5.